The Hall–Kier alpha value is -4.12. The van der Waals surface area contributed by atoms with Crippen LogP contribution in [0.5, 0.6) is 0 Å². The van der Waals surface area contributed by atoms with Gasteiger partial charge in [-0.1, -0.05) is 24.0 Å². The van der Waals surface area contributed by atoms with E-state index < -0.39 is 6.04 Å². The van der Waals surface area contributed by atoms with Gasteiger partial charge in [-0.05, 0) is 55.1 Å². The van der Waals surface area contributed by atoms with Gasteiger partial charge < -0.3 is 15.6 Å². The third kappa shape index (κ3) is 3.50. The molecule has 6 rings (SSSR count). The van der Waals surface area contributed by atoms with E-state index in [1.54, 1.807) is 23.0 Å². The first-order valence-electron chi connectivity index (χ1n) is 11.7. The van der Waals surface area contributed by atoms with Gasteiger partial charge in [-0.2, -0.15) is 0 Å². The number of nitrogen functional groups attached to an aromatic ring is 1. The summed E-state index contributed by atoms with van der Waals surface area (Å²) in [6.45, 7) is 1.89. The fraction of sp³-hybridized carbons (Fsp3) is 0.308. The van der Waals surface area contributed by atoms with Crippen LogP contribution < -0.4 is 21.1 Å². The van der Waals surface area contributed by atoms with Gasteiger partial charge in [-0.25, -0.2) is 5.10 Å². The predicted octanol–water partition coefficient (Wildman–Crippen LogP) is 2.63. The molecule has 170 valence electrons. The van der Waals surface area contributed by atoms with Crippen LogP contribution in [-0.4, -0.2) is 20.6 Å². The molecule has 0 saturated heterocycles. The molecule has 2 saturated carbocycles. The number of nitrogens with zero attached hydrogens (tertiary/aromatic N) is 3. The number of nitrogens with one attached hydrogen (secondary N) is 2. The van der Waals surface area contributed by atoms with E-state index in [1.807, 2.05) is 35.8 Å². The maximum Gasteiger partial charge on any atom is 0.362 e. The van der Waals surface area contributed by atoms with Gasteiger partial charge in [0.1, 0.15) is 12.4 Å². The van der Waals surface area contributed by atoms with E-state index in [-0.39, 0.29) is 28.9 Å². The number of aromatic nitrogens is 4. The van der Waals surface area contributed by atoms with E-state index in [2.05, 4.69) is 27.2 Å². The number of H-pyrrole nitrogens is 1. The van der Waals surface area contributed by atoms with Crippen LogP contribution >= 0.6 is 0 Å². The lowest BCUT2D eigenvalue weighted by Gasteiger charge is -2.20. The highest BCUT2D eigenvalue weighted by molar-refractivity contribution is 6.03. The van der Waals surface area contributed by atoms with Crippen LogP contribution in [-0.2, 0) is 0 Å². The van der Waals surface area contributed by atoms with E-state index in [1.165, 1.54) is 0 Å². The van der Waals surface area contributed by atoms with Crippen molar-refractivity contribution in [3.63, 3.8) is 0 Å². The molecule has 3 heterocycles. The molecule has 0 bridgehead atoms. The van der Waals surface area contributed by atoms with Gasteiger partial charge in [0, 0.05) is 29.3 Å². The van der Waals surface area contributed by atoms with Crippen LogP contribution in [0.2, 0.25) is 0 Å². The second-order valence-electron chi connectivity index (χ2n) is 9.20. The van der Waals surface area contributed by atoms with Gasteiger partial charge in [0.05, 0.1) is 11.4 Å². The fourth-order valence-corrected chi connectivity index (χ4v) is 4.47. The number of amides is 1. The number of carbonyl (C=O) groups is 1. The van der Waals surface area contributed by atoms with E-state index in [4.69, 9.17) is 5.73 Å². The monoisotopic (exact) mass is 453 g/mol. The highest BCUT2D eigenvalue weighted by Crippen LogP contribution is 2.37. The average molecular weight is 454 g/mol. The zero-order chi connectivity index (χ0) is 23.4. The zero-order valence-electron chi connectivity index (χ0n) is 18.8. The molecular weight excluding hydrogens is 428 g/mol. The highest BCUT2D eigenvalue weighted by Gasteiger charge is 2.31. The quantitative estimate of drug-likeness (QED) is 0.326. The number of hydrogen-bond acceptors (Lipinski definition) is 4. The molecule has 0 spiro atoms. The molecule has 1 unspecified atom stereocenters. The molecule has 2 aliphatic rings. The summed E-state index contributed by atoms with van der Waals surface area (Å²) in [5, 5.41) is 7.45. The molecule has 34 heavy (non-hydrogen) atoms. The molecule has 8 heteroatoms. The van der Waals surface area contributed by atoms with Crippen LogP contribution in [0.1, 0.15) is 66.3 Å². The minimum absolute atomic E-state index is 0.0411. The van der Waals surface area contributed by atoms with E-state index in [9.17, 15) is 9.59 Å². The van der Waals surface area contributed by atoms with Gasteiger partial charge in [0.25, 0.3) is 11.5 Å². The minimum Gasteiger partial charge on any atom is -0.382 e. The molecule has 1 atom stereocenters. The maximum absolute atomic E-state index is 13.7. The normalized spacial score (nSPS) is 16.3. The van der Waals surface area contributed by atoms with Crippen molar-refractivity contribution in [2.45, 2.75) is 44.7 Å². The standard InChI is InChI=1S/C26H24N6O2/c1-15(29-25(33)22-23(27)30-31-13-3-12-28-24(22)31)20-14-18-5-2-4-17(9-8-16-6-7-16)21(18)26(34)32(20)19-10-11-19/h2-5,12-16,19H,6-7,10-11H2,1H3,(H3,27,29,30,33)/p+1. The topological polar surface area (TPSA) is 110 Å². The summed E-state index contributed by atoms with van der Waals surface area (Å²) in [6, 6.07) is 9.28. The number of anilines is 1. The van der Waals surface area contributed by atoms with Crippen LogP contribution in [0.4, 0.5) is 5.82 Å². The largest absolute Gasteiger partial charge is 0.382 e. The Morgan fingerprint density at radius 2 is 2.12 bits per heavy atom. The summed E-state index contributed by atoms with van der Waals surface area (Å²) >= 11 is 0. The molecular formula is C26H25N6O2+. The Kier molecular flexibility index (Phi) is 4.66. The molecule has 4 N–H and O–H groups in total. The molecule has 4 aromatic rings. The lowest BCUT2D eigenvalue weighted by molar-refractivity contribution is -0.577. The Morgan fingerprint density at radius 3 is 2.88 bits per heavy atom. The highest BCUT2D eigenvalue weighted by atomic mass is 16.2. The van der Waals surface area contributed by atoms with E-state index >= 15 is 0 Å². The maximum atomic E-state index is 13.7. The van der Waals surface area contributed by atoms with Crippen LogP contribution in [0, 0.1) is 17.8 Å². The second-order valence-corrected chi connectivity index (χ2v) is 9.20. The Balaban J connectivity index is 1.41. The number of aromatic amines is 1. The Bertz CT molecular complexity index is 1580. The summed E-state index contributed by atoms with van der Waals surface area (Å²) in [6.07, 6.45) is 7.54. The lowest BCUT2D eigenvalue weighted by atomic mass is 10.0. The third-order valence-corrected chi connectivity index (χ3v) is 6.51. The van der Waals surface area contributed by atoms with Crippen molar-refractivity contribution >= 4 is 28.1 Å². The molecule has 0 radical (unpaired) electrons. The number of fused-ring (bicyclic) bond motifs is 2. The van der Waals surface area contributed by atoms with Gasteiger partial charge in [-0.15, -0.1) is 4.52 Å². The summed E-state index contributed by atoms with van der Waals surface area (Å²) in [4.78, 5) is 31.2. The number of nitrogens with two attached hydrogens (primary N) is 1. The second kappa shape index (κ2) is 7.73. The summed E-state index contributed by atoms with van der Waals surface area (Å²) in [5.74, 6) is 6.87. The van der Waals surface area contributed by atoms with E-state index in [0.717, 1.165) is 42.3 Å². The summed E-state index contributed by atoms with van der Waals surface area (Å²) in [7, 11) is 0. The fourth-order valence-electron chi connectivity index (χ4n) is 4.47. The van der Waals surface area contributed by atoms with Gasteiger partial charge in [0.15, 0.2) is 11.4 Å². The van der Waals surface area contributed by atoms with Gasteiger partial charge in [-0.3, -0.25) is 9.59 Å². The minimum atomic E-state index is -0.413. The molecule has 1 aromatic carbocycles. The lowest BCUT2D eigenvalue weighted by Crippen LogP contribution is -2.33. The Labute approximate surface area is 195 Å². The molecule has 0 aliphatic heterocycles. The van der Waals surface area contributed by atoms with E-state index in [0.29, 0.717) is 17.0 Å². The average Bonchev–Trinajstić information content (AvgIpc) is 3.74. The van der Waals surface area contributed by atoms with Crippen molar-refractivity contribution in [1.29, 1.82) is 0 Å². The first kappa shape index (κ1) is 20.5. The third-order valence-electron chi connectivity index (χ3n) is 6.51. The van der Waals surface area contributed by atoms with Crippen molar-refractivity contribution in [2.75, 3.05) is 5.73 Å². The molecule has 2 aliphatic carbocycles. The molecule has 2 fully saturated rings. The molecule has 3 aromatic heterocycles. The number of carbonyl (C=O) groups excluding carboxylic acids is 1. The summed E-state index contributed by atoms with van der Waals surface area (Å²) < 4.78 is 3.45. The van der Waals surface area contributed by atoms with Gasteiger partial charge in [0.2, 0.25) is 0 Å². The molecule has 8 nitrogen and oxygen atoms in total. The Morgan fingerprint density at radius 1 is 1.29 bits per heavy atom. The number of benzene rings is 1. The first-order chi connectivity index (χ1) is 16.5. The number of rotatable bonds is 4. The van der Waals surface area contributed by atoms with Gasteiger partial charge >= 0.3 is 5.65 Å². The van der Waals surface area contributed by atoms with Crippen molar-refractivity contribution in [1.82, 2.24) is 20.0 Å². The first-order valence-corrected chi connectivity index (χ1v) is 11.7. The number of pyridine rings is 1. The number of hydrogen-bond donors (Lipinski definition) is 3. The SMILES string of the molecule is CC(NC(=O)c1c(N)[nH][n+]2cccnc12)c1cc2cccc(C#CC3CC3)c2c(=O)n1C1CC1. The van der Waals surface area contributed by atoms with Crippen LogP contribution in [0.25, 0.3) is 16.4 Å². The van der Waals surface area contributed by atoms with Crippen molar-refractivity contribution in [3.8, 4) is 11.8 Å². The van der Waals surface area contributed by atoms with Crippen molar-refractivity contribution in [2.24, 2.45) is 5.92 Å². The van der Waals surface area contributed by atoms with Crippen molar-refractivity contribution in [3.05, 3.63) is 69.9 Å². The zero-order valence-corrected chi connectivity index (χ0v) is 18.8. The summed E-state index contributed by atoms with van der Waals surface area (Å²) in [5.41, 5.74) is 8.33. The van der Waals surface area contributed by atoms with Crippen LogP contribution in [0.3, 0.4) is 0 Å². The predicted molar refractivity (Wildman–Crippen MR) is 128 cm³/mol. The smallest absolute Gasteiger partial charge is 0.362 e. The molecule has 1 amide bonds. The van der Waals surface area contributed by atoms with Crippen molar-refractivity contribution < 1.29 is 9.31 Å². The van der Waals surface area contributed by atoms with Crippen LogP contribution in [0.15, 0.2) is 47.5 Å².